The smallest absolute Gasteiger partial charge is 0.324 e. The van der Waals surface area contributed by atoms with E-state index in [0.717, 1.165) is 22.9 Å². The normalized spacial score (nSPS) is 18.7. The average molecular weight is 422 g/mol. The Bertz CT molecular complexity index is 902. The van der Waals surface area contributed by atoms with Gasteiger partial charge in [-0.1, -0.05) is 11.3 Å². The lowest BCUT2D eigenvalue weighted by molar-refractivity contribution is -0.121. The molecule has 0 radical (unpaired) electrons. The number of hydrogen-bond donors (Lipinski definition) is 2. The number of anilines is 2. The van der Waals surface area contributed by atoms with Gasteiger partial charge in [0, 0.05) is 25.7 Å². The van der Waals surface area contributed by atoms with Crippen LogP contribution in [0.15, 0.2) is 12.3 Å². The highest BCUT2D eigenvalue weighted by atomic mass is 32.1. The van der Waals surface area contributed by atoms with Crippen LogP contribution in [0, 0.1) is 6.92 Å². The van der Waals surface area contributed by atoms with Crippen LogP contribution in [0.2, 0.25) is 0 Å². The fourth-order valence-corrected chi connectivity index (χ4v) is 4.19. The van der Waals surface area contributed by atoms with Gasteiger partial charge < -0.3 is 15.5 Å². The molecule has 0 bridgehead atoms. The molecule has 3 rings (SSSR count). The van der Waals surface area contributed by atoms with Crippen molar-refractivity contribution in [1.29, 1.82) is 0 Å². The standard InChI is InChI=1S/C18H24FN7O2S/c1-4-25(5-2)16-21-7-6-12(23-16)14-10(3)22-17(29-14)24-18(28)26-9-11(19)8-13(26)15(20)27/h6-7,11,13H,4-5,8-9H2,1-3H3,(H2,20,27)(H,22,24,28)/t11-,13+/m1/s1. The molecule has 1 aliphatic rings. The van der Waals surface area contributed by atoms with E-state index in [-0.39, 0.29) is 13.0 Å². The van der Waals surface area contributed by atoms with Gasteiger partial charge in [0.15, 0.2) is 5.13 Å². The summed E-state index contributed by atoms with van der Waals surface area (Å²) in [7, 11) is 0. The number of likely N-dealkylation sites (tertiary alicyclic amines) is 1. The number of carbonyl (C=O) groups excluding carboxylic acids is 2. The van der Waals surface area contributed by atoms with E-state index < -0.39 is 24.2 Å². The molecule has 3 N–H and O–H groups in total. The van der Waals surface area contributed by atoms with E-state index in [1.807, 2.05) is 25.7 Å². The maximum Gasteiger partial charge on any atom is 0.324 e. The molecule has 1 aliphatic heterocycles. The largest absolute Gasteiger partial charge is 0.368 e. The zero-order valence-electron chi connectivity index (χ0n) is 16.6. The molecule has 156 valence electrons. The molecule has 3 heterocycles. The van der Waals surface area contributed by atoms with Crippen LogP contribution < -0.4 is 16.0 Å². The summed E-state index contributed by atoms with van der Waals surface area (Å²) in [6.45, 7) is 7.29. The third-order valence-electron chi connectivity index (χ3n) is 4.77. The van der Waals surface area contributed by atoms with Crippen molar-refractivity contribution >= 4 is 34.4 Å². The highest BCUT2D eigenvalue weighted by Crippen LogP contribution is 2.32. The van der Waals surface area contributed by atoms with Gasteiger partial charge in [-0.05, 0) is 26.8 Å². The first-order valence-corrected chi connectivity index (χ1v) is 10.2. The minimum atomic E-state index is -1.27. The Morgan fingerprint density at radius 3 is 2.76 bits per heavy atom. The number of hydrogen-bond acceptors (Lipinski definition) is 7. The fourth-order valence-electron chi connectivity index (χ4n) is 3.26. The van der Waals surface area contributed by atoms with Crippen LogP contribution in [0.3, 0.4) is 0 Å². The van der Waals surface area contributed by atoms with E-state index in [9.17, 15) is 14.0 Å². The lowest BCUT2D eigenvalue weighted by Crippen LogP contribution is -2.45. The maximum atomic E-state index is 13.7. The Balaban J connectivity index is 1.80. The molecule has 11 heteroatoms. The Hall–Kier alpha value is -2.82. The fraction of sp³-hybridized carbons (Fsp3) is 0.500. The number of thiazole rings is 1. The van der Waals surface area contributed by atoms with Gasteiger partial charge in [-0.3, -0.25) is 10.1 Å². The minimum absolute atomic E-state index is 0.0834. The molecule has 0 unspecified atom stereocenters. The summed E-state index contributed by atoms with van der Waals surface area (Å²) in [5.41, 5.74) is 6.69. The summed E-state index contributed by atoms with van der Waals surface area (Å²) >= 11 is 1.26. The molecule has 2 aromatic heterocycles. The number of nitrogens with zero attached hydrogens (tertiary/aromatic N) is 5. The third-order valence-corrected chi connectivity index (χ3v) is 5.87. The molecule has 2 atom stereocenters. The van der Waals surface area contributed by atoms with Crippen LogP contribution in [-0.4, -0.2) is 63.6 Å². The predicted molar refractivity (Wildman–Crippen MR) is 110 cm³/mol. The predicted octanol–water partition coefficient (Wildman–Crippen LogP) is 2.18. The number of halogens is 1. The quantitative estimate of drug-likeness (QED) is 0.738. The summed E-state index contributed by atoms with van der Waals surface area (Å²) in [4.78, 5) is 41.3. The van der Waals surface area contributed by atoms with Gasteiger partial charge in [0.25, 0.3) is 0 Å². The molecule has 2 aromatic rings. The first-order chi connectivity index (χ1) is 13.8. The Labute approximate surface area is 172 Å². The number of primary amides is 1. The van der Waals surface area contributed by atoms with E-state index >= 15 is 0 Å². The Morgan fingerprint density at radius 2 is 2.10 bits per heavy atom. The van der Waals surface area contributed by atoms with Crippen LogP contribution in [0.25, 0.3) is 10.6 Å². The summed E-state index contributed by atoms with van der Waals surface area (Å²) in [5.74, 6) is -0.0949. The Kier molecular flexibility index (Phi) is 6.26. The van der Waals surface area contributed by atoms with E-state index in [1.165, 1.54) is 11.3 Å². The number of urea groups is 1. The second kappa shape index (κ2) is 8.68. The number of aromatic nitrogens is 3. The van der Waals surface area contributed by atoms with Crippen molar-refractivity contribution in [2.45, 2.75) is 39.4 Å². The van der Waals surface area contributed by atoms with Crippen LogP contribution in [0.5, 0.6) is 0 Å². The molecule has 29 heavy (non-hydrogen) atoms. The molecule has 0 aromatic carbocycles. The van der Waals surface area contributed by atoms with Crippen molar-refractivity contribution in [2.75, 3.05) is 29.9 Å². The van der Waals surface area contributed by atoms with Gasteiger partial charge in [-0.25, -0.2) is 24.1 Å². The van der Waals surface area contributed by atoms with Gasteiger partial charge in [0.1, 0.15) is 12.2 Å². The Morgan fingerprint density at radius 1 is 1.38 bits per heavy atom. The number of amides is 3. The molecule has 0 aliphatic carbocycles. The summed E-state index contributed by atoms with van der Waals surface area (Å²) < 4.78 is 13.7. The van der Waals surface area contributed by atoms with Gasteiger partial charge in [0.05, 0.1) is 22.8 Å². The average Bonchev–Trinajstić information content (AvgIpc) is 3.26. The summed E-state index contributed by atoms with van der Waals surface area (Å²) in [6.07, 6.45) is 0.336. The number of nitrogens with one attached hydrogen (secondary N) is 1. The topological polar surface area (TPSA) is 117 Å². The first kappa shape index (κ1) is 20.9. The zero-order chi connectivity index (χ0) is 21.1. The number of aryl methyl sites for hydroxylation is 1. The summed E-state index contributed by atoms with van der Waals surface area (Å²) in [6, 6.07) is 0.237. The van der Waals surface area contributed by atoms with E-state index in [1.54, 1.807) is 12.3 Å². The van der Waals surface area contributed by atoms with Gasteiger partial charge in [-0.15, -0.1) is 0 Å². The van der Waals surface area contributed by atoms with Crippen molar-refractivity contribution in [1.82, 2.24) is 19.9 Å². The molecule has 0 spiro atoms. The lowest BCUT2D eigenvalue weighted by atomic mass is 10.2. The van der Waals surface area contributed by atoms with E-state index in [0.29, 0.717) is 22.5 Å². The van der Waals surface area contributed by atoms with Gasteiger partial charge in [-0.2, -0.15) is 0 Å². The molecular weight excluding hydrogens is 397 g/mol. The number of nitrogens with two attached hydrogens (primary N) is 1. The minimum Gasteiger partial charge on any atom is -0.368 e. The highest BCUT2D eigenvalue weighted by Gasteiger charge is 2.39. The first-order valence-electron chi connectivity index (χ1n) is 9.40. The third kappa shape index (κ3) is 4.44. The molecule has 1 fully saturated rings. The van der Waals surface area contributed by atoms with Crippen molar-refractivity contribution in [3.63, 3.8) is 0 Å². The van der Waals surface area contributed by atoms with Crippen molar-refractivity contribution < 1.29 is 14.0 Å². The monoisotopic (exact) mass is 421 g/mol. The van der Waals surface area contributed by atoms with Crippen molar-refractivity contribution in [3.8, 4) is 10.6 Å². The SMILES string of the molecule is CCN(CC)c1nccc(-c2sc(NC(=O)N3C[C@H](F)C[C@H]3C(N)=O)nc2C)n1. The number of carbonyl (C=O) groups is 2. The number of alkyl halides is 1. The van der Waals surface area contributed by atoms with Crippen LogP contribution >= 0.6 is 11.3 Å². The lowest BCUT2D eigenvalue weighted by Gasteiger charge is -2.21. The van der Waals surface area contributed by atoms with Crippen LogP contribution in [-0.2, 0) is 4.79 Å². The van der Waals surface area contributed by atoms with E-state index in [4.69, 9.17) is 5.73 Å². The van der Waals surface area contributed by atoms with Gasteiger partial charge in [0.2, 0.25) is 11.9 Å². The molecule has 3 amide bonds. The summed E-state index contributed by atoms with van der Waals surface area (Å²) in [5, 5.41) is 2.99. The zero-order valence-corrected chi connectivity index (χ0v) is 17.4. The molecule has 9 nitrogen and oxygen atoms in total. The molecule has 0 saturated carbocycles. The molecule has 1 saturated heterocycles. The van der Waals surface area contributed by atoms with Crippen molar-refractivity contribution in [3.05, 3.63) is 18.0 Å². The number of rotatable bonds is 6. The molecular formula is C18H24FN7O2S. The van der Waals surface area contributed by atoms with Crippen molar-refractivity contribution in [2.24, 2.45) is 5.73 Å². The maximum absolute atomic E-state index is 13.7. The highest BCUT2D eigenvalue weighted by molar-refractivity contribution is 7.19. The second-order valence-corrected chi connectivity index (χ2v) is 7.68. The van der Waals surface area contributed by atoms with Crippen LogP contribution in [0.4, 0.5) is 20.3 Å². The van der Waals surface area contributed by atoms with Gasteiger partial charge >= 0.3 is 6.03 Å². The second-order valence-electron chi connectivity index (χ2n) is 6.68. The van der Waals surface area contributed by atoms with Crippen LogP contribution in [0.1, 0.15) is 26.0 Å². The van der Waals surface area contributed by atoms with E-state index in [2.05, 4.69) is 20.3 Å².